The number of likely N-dealkylation sites (tertiary alicyclic amines) is 1. The number of amides is 2. The average Bonchev–Trinajstić information content (AvgIpc) is 3.26. The second-order valence-electron chi connectivity index (χ2n) is 8.61. The largest absolute Gasteiger partial charge is 0.342 e. The van der Waals surface area contributed by atoms with Gasteiger partial charge in [-0.3, -0.25) is 9.59 Å². The van der Waals surface area contributed by atoms with Crippen molar-refractivity contribution in [2.45, 2.75) is 63.4 Å². The van der Waals surface area contributed by atoms with Gasteiger partial charge < -0.3 is 14.5 Å². The summed E-state index contributed by atoms with van der Waals surface area (Å²) in [4.78, 5) is 33.4. The maximum atomic E-state index is 14.1. The highest BCUT2D eigenvalue weighted by atomic mass is 19.1. The van der Waals surface area contributed by atoms with Crippen LogP contribution in [0.4, 0.5) is 8.78 Å². The summed E-state index contributed by atoms with van der Waals surface area (Å²) in [5.74, 6) is -1.72. The number of pyridine rings is 1. The Morgan fingerprint density at radius 1 is 1.41 bits per heavy atom. The van der Waals surface area contributed by atoms with Crippen molar-refractivity contribution in [3.63, 3.8) is 0 Å². The number of ether oxygens (including phenoxy) is 1. The van der Waals surface area contributed by atoms with Crippen molar-refractivity contribution in [1.29, 1.82) is 0 Å². The number of nitrogens with zero attached hydrogens (tertiary/aromatic N) is 3. The number of hydrogen-bond acceptors (Lipinski definition) is 4. The lowest BCUT2D eigenvalue weighted by Gasteiger charge is -2.42. The summed E-state index contributed by atoms with van der Waals surface area (Å²) >= 11 is 0. The number of allylic oxidation sites excluding steroid dienone is 3. The molecule has 2 unspecified atom stereocenters. The Bertz CT molecular complexity index is 1010. The average molecular weight is 443 g/mol. The Labute approximate surface area is 186 Å². The van der Waals surface area contributed by atoms with E-state index in [2.05, 4.69) is 11.6 Å². The summed E-state index contributed by atoms with van der Waals surface area (Å²) in [6.07, 6.45) is 7.22. The lowest BCUT2D eigenvalue weighted by Crippen LogP contribution is -2.56. The topological polar surface area (TPSA) is 62.7 Å². The minimum absolute atomic E-state index is 0.144. The van der Waals surface area contributed by atoms with Crippen LogP contribution < -0.4 is 0 Å². The molecule has 4 rings (SSSR count). The Hall–Kier alpha value is -2.87. The summed E-state index contributed by atoms with van der Waals surface area (Å²) in [6, 6.07) is 1.98. The standard InChI is InChI=1S/C24H27F2N3O3/c1-4-6-17(25)13-15(2)19-8-9-20-29(19)23(31)24(32-20)10-12-28(16(3)14-24)22(30)21-18(26)7-5-11-27-21/h4-7,11,13,16,19-20H,2,8-10,12,14H2,1,3H3/b6-4-,17-13+/t16?,19-,20+,24?/m0/s1. The van der Waals surface area contributed by atoms with Gasteiger partial charge in [0.1, 0.15) is 12.1 Å². The van der Waals surface area contributed by atoms with Crippen molar-refractivity contribution in [3.8, 4) is 0 Å². The highest BCUT2D eigenvalue weighted by molar-refractivity contribution is 5.93. The molecule has 0 saturated carbocycles. The normalized spacial score (nSPS) is 30.4. The minimum Gasteiger partial charge on any atom is -0.342 e. The quantitative estimate of drug-likeness (QED) is 0.662. The first-order valence-electron chi connectivity index (χ1n) is 10.9. The van der Waals surface area contributed by atoms with E-state index in [1.54, 1.807) is 22.8 Å². The molecule has 170 valence electrons. The van der Waals surface area contributed by atoms with Crippen LogP contribution in [0.5, 0.6) is 0 Å². The maximum Gasteiger partial charge on any atom is 0.275 e. The molecule has 4 heterocycles. The van der Waals surface area contributed by atoms with E-state index in [4.69, 9.17) is 4.74 Å². The van der Waals surface area contributed by atoms with Crippen molar-refractivity contribution < 1.29 is 23.1 Å². The van der Waals surface area contributed by atoms with Crippen LogP contribution in [-0.2, 0) is 9.53 Å². The molecule has 0 aliphatic carbocycles. The maximum absolute atomic E-state index is 14.1. The fourth-order valence-corrected chi connectivity index (χ4v) is 5.05. The van der Waals surface area contributed by atoms with Gasteiger partial charge in [0.25, 0.3) is 11.8 Å². The molecule has 2 amide bonds. The van der Waals surface area contributed by atoms with Crippen LogP contribution in [0.1, 0.15) is 50.0 Å². The van der Waals surface area contributed by atoms with Gasteiger partial charge in [-0.25, -0.2) is 13.8 Å². The third-order valence-electron chi connectivity index (χ3n) is 6.53. The van der Waals surface area contributed by atoms with Crippen LogP contribution in [0.3, 0.4) is 0 Å². The van der Waals surface area contributed by atoms with Crippen LogP contribution in [0.2, 0.25) is 0 Å². The Balaban J connectivity index is 1.49. The predicted molar refractivity (Wildman–Crippen MR) is 115 cm³/mol. The fourth-order valence-electron chi connectivity index (χ4n) is 5.05. The number of carbonyl (C=O) groups excluding carboxylic acids is 2. The summed E-state index contributed by atoms with van der Waals surface area (Å²) in [7, 11) is 0. The van der Waals surface area contributed by atoms with Crippen molar-refractivity contribution in [3.05, 3.63) is 66.0 Å². The number of halogens is 2. The van der Waals surface area contributed by atoms with Crippen LogP contribution >= 0.6 is 0 Å². The fraction of sp³-hybridized carbons (Fsp3) is 0.458. The van der Waals surface area contributed by atoms with Gasteiger partial charge in [0.05, 0.1) is 6.04 Å². The van der Waals surface area contributed by atoms with Crippen molar-refractivity contribution in [1.82, 2.24) is 14.8 Å². The number of piperidine rings is 1. The molecular formula is C24H27F2N3O3. The summed E-state index contributed by atoms with van der Waals surface area (Å²) in [5, 5.41) is 0. The first kappa shape index (κ1) is 22.3. The summed E-state index contributed by atoms with van der Waals surface area (Å²) < 4.78 is 34.3. The minimum atomic E-state index is -1.03. The van der Waals surface area contributed by atoms with E-state index < -0.39 is 23.2 Å². The van der Waals surface area contributed by atoms with Crippen LogP contribution in [-0.4, -0.2) is 57.1 Å². The predicted octanol–water partition coefficient (Wildman–Crippen LogP) is 3.92. The van der Waals surface area contributed by atoms with Crippen molar-refractivity contribution in [2.24, 2.45) is 0 Å². The zero-order valence-electron chi connectivity index (χ0n) is 18.3. The number of hydrogen-bond donors (Lipinski definition) is 0. The number of fused-ring (bicyclic) bond motifs is 1. The molecule has 3 saturated heterocycles. The summed E-state index contributed by atoms with van der Waals surface area (Å²) in [6.45, 7) is 7.79. The Kier molecular flexibility index (Phi) is 5.99. The van der Waals surface area contributed by atoms with Gasteiger partial charge in [-0.05, 0) is 56.5 Å². The molecule has 4 atom stereocenters. The first-order valence-corrected chi connectivity index (χ1v) is 10.9. The molecule has 3 aliphatic rings. The van der Waals surface area contributed by atoms with Crippen LogP contribution in [0.15, 0.2) is 54.5 Å². The molecule has 0 radical (unpaired) electrons. The third-order valence-corrected chi connectivity index (χ3v) is 6.53. The Morgan fingerprint density at radius 2 is 2.19 bits per heavy atom. The van der Waals surface area contributed by atoms with Gasteiger partial charge in [-0.15, -0.1) is 0 Å². The highest BCUT2D eigenvalue weighted by Gasteiger charge is 2.59. The lowest BCUT2D eigenvalue weighted by molar-refractivity contribution is -0.144. The van der Waals surface area contributed by atoms with E-state index in [-0.39, 0.29) is 36.5 Å². The number of carbonyl (C=O) groups is 2. The van der Waals surface area contributed by atoms with Crippen molar-refractivity contribution in [2.75, 3.05) is 6.54 Å². The van der Waals surface area contributed by atoms with Gasteiger partial charge in [0, 0.05) is 31.6 Å². The molecule has 0 N–H and O–H groups in total. The molecule has 0 aromatic carbocycles. The molecule has 1 aromatic heterocycles. The lowest BCUT2D eigenvalue weighted by atomic mass is 9.85. The van der Waals surface area contributed by atoms with Crippen LogP contribution in [0.25, 0.3) is 0 Å². The van der Waals surface area contributed by atoms with E-state index in [1.807, 2.05) is 6.92 Å². The highest BCUT2D eigenvalue weighted by Crippen LogP contribution is 2.45. The third kappa shape index (κ3) is 3.77. The van der Waals surface area contributed by atoms with E-state index in [0.717, 1.165) is 0 Å². The van der Waals surface area contributed by atoms with Gasteiger partial charge in [-0.2, -0.15) is 0 Å². The molecule has 32 heavy (non-hydrogen) atoms. The Morgan fingerprint density at radius 3 is 2.88 bits per heavy atom. The molecular weight excluding hydrogens is 416 g/mol. The van der Waals surface area contributed by atoms with E-state index in [9.17, 15) is 18.4 Å². The molecule has 1 aromatic rings. The first-order chi connectivity index (χ1) is 15.3. The second-order valence-corrected chi connectivity index (χ2v) is 8.61. The molecule has 3 aliphatic heterocycles. The van der Waals surface area contributed by atoms with Crippen LogP contribution in [0, 0.1) is 5.82 Å². The zero-order valence-corrected chi connectivity index (χ0v) is 18.3. The van der Waals surface area contributed by atoms with Gasteiger partial charge in [0.15, 0.2) is 17.1 Å². The van der Waals surface area contributed by atoms with Crippen molar-refractivity contribution >= 4 is 11.8 Å². The van der Waals surface area contributed by atoms with Gasteiger partial charge in [0.2, 0.25) is 0 Å². The molecule has 3 fully saturated rings. The van der Waals surface area contributed by atoms with E-state index in [1.165, 1.54) is 30.5 Å². The number of rotatable bonds is 4. The monoisotopic (exact) mass is 443 g/mol. The number of aromatic nitrogens is 1. The summed E-state index contributed by atoms with van der Waals surface area (Å²) in [5.41, 5.74) is -0.724. The second kappa shape index (κ2) is 8.58. The molecule has 8 heteroatoms. The van der Waals surface area contributed by atoms with E-state index in [0.29, 0.717) is 31.3 Å². The van der Waals surface area contributed by atoms with E-state index >= 15 is 0 Å². The molecule has 6 nitrogen and oxygen atoms in total. The molecule has 0 bridgehead atoms. The smallest absolute Gasteiger partial charge is 0.275 e. The SMILES string of the molecule is C=C(/C=C(F)\C=C/C)[C@@H]1CC[C@H]2OC3(CCN(C(=O)c4ncccc4F)C(C)C3)C(=O)N21. The zero-order chi connectivity index (χ0) is 23.0. The van der Waals surface area contributed by atoms with Gasteiger partial charge >= 0.3 is 0 Å². The molecule has 1 spiro atoms. The van der Waals surface area contributed by atoms with Gasteiger partial charge in [-0.1, -0.05) is 12.7 Å².